The zero-order chi connectivity index (χ0) is 23.1. The van der Waals surface area contributed by atoms with Crippen molar-refractivity contribution in [1.82, 2.24) is 19.8 Å². The van der Waals surface area contributed by atoms with Crippen molar-refractivity contribution in [3.05, 3.63) is 39.8 Å². The Labute approximate surface area is 197 Å². The molecule has 0 unspecified atom stereocenters. The number of nitrogens with one attached hydrogen (secondary N) is 2. The first-order chi connectivity index (χ1) is 15.4. The first-order valence-corrected chi connectivity index (χ1v) is 11.5. The van der Waals surface area contributed by atoms with Crippen LogP contribution in [0.3, 0.4) is 0 Å². The monoisotopic (exact) mass is 457 g/mol. The molecule has 0 atom stereocenters. The first kappa shape index (κ1) is 26.5. The summed E-state index contributed by atoms with van der Waals surface area (Å²) in [5.74, 6) is 1.04. The third-order valence-electron chi connectivity index (χ3n) is 5.73. The lowest BCUT2D eigenvalue weighted by molar-refractivity contribution is -0.117. The second-order valence-electron chi connectivity index (χ2n) is 8.23. The number of hydrogen-bond acceptors (Lipinski definition) is 6. The van der Waals surface area contributed by atoms with E-state index in [0.29, 0.717) is 54.4 Å². The van der Waals surface area contributed by atoms with Crippen molar-refractivity contribution in [2.24, 2.45) is 0 Å². The van der Waals surface area contributed by atoms with E-state index in [1.807, 2.05) is 39.0 Å². The number of hydrogen-bond donors (Lipinski definition) is 2. The maximum Gasteiger partial charge on any atom is 0.254 e. The van der Waals surface area contributed by atoms with Gasteiger partial charge in [0.25, 0.3) is 5.56 Å². The molecule has 0 aliphatic carbocycles. The minimum Gasteiger partial charge on any atom is -0.493 e. The number of carbonyl (C=O) groups is 1. The molecule has 2 heterocycles. The Balaban J connectivity index is 0.00000385. The average Bonchev–Trinajstić information content (AvgIpc) is 2.79. The molecule has 0 bridgehead atoms. The van der Waals surface area contributed by atoms with E-state index in [2.05, 4.69) is 27.1 Å². The van der Waals surface area contributed by atoms with Crippen LogP contribution in [0.4, 0.5) is 5.69 Å². The number of H-pyrrole nitrogens is 1. The van der Waals surface area contributed by atoms with E-state index in [1.165, 1.54) is 0 Å². The molecule has 0 saturated carbocycles. The number of likely N-dealkylation sites (N-methyl/N-ethyl adjacent to an activating group) is 1. The van der Waals surface area contributed by atoms with E-state index in [9.17, 15) is 9.59 Å². The number of benzene rings is 1. The highest BCUT2D eigenvalue weighted by atomic mass is 16.5. The van der Waals surface area contributed by atoms with Crippen LogP contribution in [-0.4, -0.2) is 72.1 Å². The summed E-state index contributed by atoms with van der Waals surface area (Å²) in [5, 5.41) is 2.99. The highest BCUT2D eigenvalue weighted by molar-refractivity contribution is 5.93. The first-order valence-electron chi connectivity index (χ1n) is 11.5. The maximum absolute atomic E-state index is 12.6. The van der Waals surface area contributed by atoms with Gasteiger partial charge in [-0.05, 0) is 44.5 Å². The van der Waals surface area contributed by atoms with E-state index in [-0.39, 0.29) is 18.9 Å². The van der Waals surface area contributed by atoms with Crippen LogP contribution in [0.5, 0.6) is 5.75 Å². The molecule has 1 aromatic carbocycles. The molecule has 8 heteroatoms. The lowest BCUT2D eigenvalue weighted by Gasteiger charge is -2.31. The van der Waals surface area contributed by atoms with Crippen molar-refractivity contribution in [1.29, 1.82) is 0 Å². The summed E-state index contributed by atoms with van der Waals surface area (Å²) in [7, 11) is 2.09. The Morgan fingerprint density at radius 1 is 1.15 bits per heavy atom. The molecule has 1 aliphatic heterocycles. The third kappa shape index (κ3) is 6.88. The smallest absolute Gasteiger partial charge is 0.254 e. The lowest BCUT2D eigenvalue weighted by atomic mass is 10.1. The van der Waals surface area contributed by atoms with Gasteiger partial charge in [0.05, 0.1) is 24.4 Å². The van der Waals surface area contributed by atoms with Crippen molar-refractivity contribution in [3.63, 3.8) is 0 Å². The number of aromatic amines is 1. The molecule has 33 heavy (non-hydrogen) atoms. The van der Waals surface area contributed by atoms with Crippen LogP contribution in [0.25, 0.3) is 11.4 Å². The molecule has 2 aromatic rings. The van der Waals surface area contributed by atoms with E-state index in [4.69, 9.17) is 9.72 Å². The molecular weight excluding hydrogens is 418 g/mol. The maximum atomic E-state index is 12.6. The Kier molecular flexibility index (Phi) is 10.1. The van der Waals surface area contributed by atoms with Gasteiger partial charge in [0.2, 0.25) is 5.91 Å². The fourth-order valence-corrected chi connectivity index (χ4v) is 3.87. The van der Waals surface area contributed by atoms with Crippen LogP contribution in [0, 0.1) is 0 Å². The number of anilines is 1. The van der Waals surface area contributed by atoms with Gasteiger partial charge in [-0.25, -0.2) is 4.98 Å². The summed E-state index contributed by atoms with van der Waals surface area (Å²) in [4.78, 5) is 37.3. The SMILES string of the molecule is C.CCCOc1ccc(NC(=O)CN2CCN(C)CC2)cc1-c1nc(CC)c(CC)c(=O)[nH]1. The topological polar surface area (TPSA) is 90.6 Å². The second kappa shape index (κ2) is 12.5. The number of aryl methyl sites for hydroxylation is 1. The van der Waals surface area contributed by atoms with Crippen molar-refractivity contribution in [2.75, 3.05) is 51.7 Å². The van der Waals surface area contributed by atoms with Crippen LogP contribution >= 0.6 is 0 Å². The number of aromatic nitrogens is 2. The quantitative estimate of drug-likeness (QED) is 0.601. The van der Waals surface area contributed by atoms with Gasteiger partial charge in [-0.1, -0.05) is 28.2 Å². The van der Waals surface area contributed by atoms with Gasteiger partial charge in [0, 0.05) is 37.4 Å². The molecule has 0 radical (unpaired) electrons. The van der Waals surface area contributed by atoms with E-state index in [1.54, 1.807) is 0 Å². The molecule has 1 saturated heterocycles. The van der Waals surface area contributed by atoms with Crippen LogP contribution in [0.15, 0.2) is 23.0 Å². The number of piperazine rings is 1. The lowest BCUT2D eigenvalue weighted by Crippen LogP contribution is -2.47. The minimum atomic E-state index is -0.125. The Morgan fingerprint density at radius 2 is 1.88 bits per heavy atom. The van der Waals surface area contributed by atoms with Crippen LogP contribution in [0.2, 0.25) is 0 Å². The summed E-state index contributed by atoms with van der Waals surface area (Å²) in [5.41, 5.74) is 2.70. The van der Waals surface area contributed by atoms with Crippen LogP contribution in [-0.2, 0) is 17.6 Å². The van der Waals surface area contributed by atoms with Gasteiger partial charge >= 0.3 is 0 Å². The normalized spacial score (nSPS) is 14.5. The summed E-state index contributed by atoms with van der Waals surface area (Å²) >= 11 is 0. The molecule has 1 aromatic heterocycles. The van der Waals surface area contributed by atoms with Crippen molar-refractivity contribution >= 4 is 11.6 Å². The predicted molar refractivity (Wildman–Crippen MR) is 134 cm³/mol. The Morgan fingerprint density at radius 3 is 2.52 bits per heavy atom. The van der Waals surface area contributed by atoms with Gasteiger partial charge < -0.3 is 19.9 Å². The summed E-state index contributed by atoms with van der Waals surface area (Å²) < 4.78 is 5.91. The molecule has 3 rings (SSSR count). The molecule has 2 N–H and O–H groups in total. The molecule has 182 valence electrons. The van der Waals surface area contributed by atoms with Gasteiger partial charge in [-0.3, -0.25) is 14.5 Å². The van der Waals surface area contributed by atoms with Gasteiger partial charge in [-0.2, -0.15) is 0 Å². The average molecular weight is 458 g/mol. The zero-order valence-corrected chi connectivity index (χ0v) is 19.7. The molecular formula is C25H39N5O3. The van der Waals surface area contributed by atoms with E-state index >= 15 is 0 Å². The predicted octanol–water partition coefficient (Wildman–Crippen LogP) is 3.17. The molecule has 1 aliphatic rings. The number of rotatable bonds is 9. The van der Waals surface area contributed by atoms with Crippen molar-refractivity contribution < 1.29 is 9.53 Å². The van der Waals surface area contributed by atoms with Gasteiger partial charge in [-0.15, -0.1) is 0 Å². The molecule has 1 amide bonds. The van der Waals surface area contributed by atoms with Gasteiger partial charge in [0.1, 0.15) is 11.6 Å². The Bertz CT molecular complexity index is 980. The van der Waals surface area contributed by atoms with E-state index < -0.39 is 0 Å². The van der Waals surface area contributed by atoms with Crippen LogP contribution in [0.1, 0.15) is 45.9 Å². The zero-order valence-electron chi connectivity index (χ0n) is 19.7. The summed E-state index contributed by atoms with van der Waals surface area (Å²) in [6.45, 7) is 10.6. The van der Waals surface area contributed by atoms with Gasteiger partial charge in [0.15, 0.2) is 0 Å². The van der Waals surface area contributed by atoms with E-state index in [0.717, 1.165) is 38.3 Å². The molecule has 8 nitrogen and oxygen atoms in total. The van der Waals surface area contributed by atoms with Crippen LogP contribution < -0.4 is 15.6 Å². The number of carbonyl (C=O) groups excluding carboxylic acids is 1. The summed E-state index contributed by atoms with van der Waals surface area (Å²) in [6, 6.07) is 5.49. The van der Waals surface area contributed by atoms with Crippen molar-refractivity contribution in [3.8, 4) is 17.1 Å². The second-order valence-corrected chi connectivity index (χ2v) is 8.23. The minimum absolute atomic E-state index is 0. The fourth-order valence-electron chi connectivity index (χ4n) is 3.87. The number of nitrogens with zero attached hydrogens (tertiary/aromatic N) is 3. The molecule has 1 fully saturated rings. The standard InChI is InChI=1S/C24H35N5O3.CH4/c1-5-14-32-21-9-8-17(25-22(30)16-29-12-10-28(4)11-13-29)15-19(21)23-26-20(7-3)18(6-2)24(31)27-23;/h8-9,15H,5-7,10-14,16H2,1-4H3,(H,25,30)(H,26,27,31);1H4. The summed E-state index contributed by atoms with van der Waals surface area (Å²) in [6.07, 6.45) is 2.17. The highest BCUT2D eigenvalue weighted by Gasteiger charge is 2.18. The fraction of sp³-hybridized carbons (Fsp3) is 0.560. The number of amides is 1. The third-order valence-corrected chi connectivity index (χ3v) is 5.73. The highest BCUT2D eigenvalue weighted by Crippen LogP contribution is 2.31. The Hall–Kier alpha value is -2.71. The van der Waals surface area contributed by atoms with Crippen molar-refractivity contribution in [2.45, 2.75) is 47.5 Å². The molecule has 0 spiro atoms. The number of ether oxygens (including phenoxy) is 1. The largest absolute Gasteiger partial charge is 0.493 e.